The quantitative estimate of drug-likeness (QED) is 0.301. The van der Waals surface area contributed by atoms with Gasteiger partial charge in [-0.15, -0.1) is 0 Å². The highest BCUT2D eigenvalue weighted by Crippen LogP contribution is 2.31. The van der Waals surface area contributed by atoms with Gasteiger partial charge in [-0.3, -0.25) is 4.79 Å². The van der Waals surface area contributed by atoms with Crippen LogP contribution in [0.25, 0.3) is 0 Å². The van der Waals surface area contributed by atoms with Crippen LogP contribution < -0.4 is 5.11 Å². The van der Waals surface area contributed by atoms with Crippen LogP contribution >= 0.6 is 0 Å². The molecule has 27 heavy (non-hydrogen) atoms. The molecule has 0 saturated carbocycles. The van der Waals surface area contributed by atoms with E-state index in [1.807, 2.05) is 14.1 Å². The van der Waals surface area contributed by atoms with Crippen molar-refractivity contribution in [3.8, 4) is 0 Å². The molecule has 0 aliphatic heterocycles. The van der Waals surface area contributed by atoms with Gasteiger partial charge in [-0.05, 0) is 26.7 Å². The van der Waals surface area contributed by atoms with Crippen molar-refractivity contribution >= 4 is 11.9 Å². The van der Waals surface area contributed by atoms with Gasteiger partial charge in [0.05, 0.1) is 26.6 Å². The van der Waals surface area contributed by atoms with E-state index >= 15 is 0 Å². The molecule has 0 radical (unpaired) electrons. The monoisotopic (exact) mass is 385 g/mol. The SMILES string of the molecule is CCCCCCCCCCCCC(C)[N+](C)(C)C(C)(CCC(=O)O)C(=O)[O-]. The summed E-state index contributed by atoms with van der Waals surface area (Å²) in [4.78, 5) is 22.7. The summed E-state index contributed by atoms with van der Waals surface area (Å²) in [5.41, 5.74) is -1.20. The van der Waals surface area contributed by atoms with E-state index in [-0.39, 0.29) is 23.4 Å². The summed E-state index contributed by atoms with van der Waals surface area (Å²) in [7, 11) is 3.78. The number of hydrogen-bond donors (Lipinski definition) is 1. The minimum absolute atomic E-state index is 0.0834. The molecule has 0 aromatic heterocycles. The zero-order chi connectivity index (χ0) is 20.9. The van der Waals surface area contributed by atoms with Crippen LogP contribution in [0.15, 0.2) is 0 Å². The van der Waals surface area contributed by atoms with Crippen molar-refractivity contribution in [2.75, 3.05) is 14.1 Å². The van der Waals surface area contributed by atoms with Crippen molar-refractivity contribution in [1.82, 2.24) is 0 Å². The van der Waals surface area contributed by atoms with Crippen molar-refractivity contribution in [1.29, 1.82) is 0 Å². The number of likely N-dealkylation sites (N-methyl/N-ethyl adjacent to an activating group) is 1. The summed E-state index contributed by atoms with van der Waals surface area (Å²) in [6.07, 6.45) is 13.7. The van der Waals surface area contributed by atoms with E-state index in [2.05, 4.69) is 13.8 Å². The molecule has 0 bridgehead atoms. The van der Waals surface area contributed by atoms with Crippen molar-refractivity contribution < 1.29 is 24.3 Å². The fourth-order valence-electron chi connectivity index (χ4n) is 3.71. The highest BCUT2D eigenvalue weighted by atomic mass is 16.4. The van der Waals surface area contributed by atoms with E-state index in [4.69, 9.17) is 5.11 Å². The Kier molecular flexibility index (Phi) is 12.6. The van der Waals surface area contributed by atoms with Crippen molar-refractivity contribution in [3.05, 3.63) is 0 Å². The summed E-state index contributed by atoms with van der Waals surface area (Å²) in [5.74, 6) is -2.13. The van der Waals surface area contributed by atoms with Crippen molar-refractivity contribution in [3.63, 3.8) is 0 Å². The second-order valence-electron chi connectivity index (χ2n) is 8.81. The van der Waals surface area contributed by atoms with E-state index in [1.165, 1.54) is 57.8 Å². The molecule has 0 heterocycles. The first-order valence-corrected chi connectivity index (χ1v) is 10.9. The molecule has 1 N–H and O–H groups in total. The lowest BCUT2D eigenvalue weighted by molar-refractivity contribution is -0.954. The fourth-order valence-corrected chi connectivity index (χ4v) is 3.71. The smallest absolute Gasteiger partial charge is 0.303 e. The third kappa shape index (κ3) is 9.09. The van der Waals surface area contributed by atoms with Gasteiger partial charge in [0.25, 0.3) is 0 Å². The van der Waals surface area contributed by atoms with Gasteiger partial charge in [0, 0.05) is 6.42 Å². The minimum atomic E-state index is -1.20. The number of unbranched alkanes of at least 4 members (excludes halogenated alkanes) is 9. The average molecular weight is 386 g/mol. The Morgan fingerprint density at radius 3 is 1.81 bits per heavy atom. The Bertz CT molecular complexity index is 436. The van der Waals surface area contributed by atoms with Crippen LogP contribution in [-0.4, -0.2) is 47.2 Å². The predicted octanol–water partition coefficient (Wildman–Crippen LogP) is 4.14. The summed E-state index contributed by atoms with van der Waals surface area (Å²) in [6.45, 7) is 5.93. The number of aliphatic carboxylic acids is 2. The molecule has 5 nitrogen and oxygen atoms in total. The van der Waals surface area contributed by atoms with E-state index in [0.29, 0.717) is 0 Å². The lowest BCUT2D eigenvalue weighted by Crippen LogP contribution is -2.69. The van der Waals surface area contributed by atoms with Gasteiger partial charge >= 0.3 is 5.97 Å². The maximum atomic E-state index is 11.8. The molecule has 0 fully saturated rings. The lowest BCUT2D eigenvalue weighted by Gasteiger charge is -2.51. The molecule has 0 aliphatic carbocycles. The van der Waals surface area contributed by atoms with Crippen molar-refractivity contribution in [2.24, 2.45) is 0 Å². The molecule has 160 valence electrons. The Morgan fingerprint density at radius 2 is 1.41 bits per heavy atom. The van der Waals surface area contributed by atoms with E-state index < -0.39 is 17.5 Å². The molecule has 2 unspecified atom stereocenters. The maximum absolute atomic E-state index is 11.8. The largest absolute Gasteiger partial charge is 0.544 e. The lowest BCUT2D eigenvalue weighted by atomic mass is 9.88. The molecule has 0 saturated heterocycles. The van der Waals surface area contributed by atoms with Gasteiger partial charge in [-0.25, -0.2) is 0 Å². The Morgan fingerprint density at radius 1 is 0.963 bits per heavy atom. The second-order valence-corrected chi connectivity index (χ2v) is 8.81. The van der Waals surface area contributed by atoms with Gasteiger partial charge in [0.1, 0.15) is 11.5 Å². The fraction of sp³-hybridized carbons (Fsp3) is 0.909. The first-order chi connectivity index (χ1) is 12.6. The number of carboxylic acids is 2. The highest BCUT2D eigenvalue weighted by Gasteiger charge is 2.45. The van der Waals surface area contributed by atoms with Crippen LogP contribution in [0.3, 0.4) is 0 Å². The molecular weight excluding hydrogens is 342 g/mol. The van der Waals surface area contributed by atoms with E-state index in [1.54, 1.807) is 6.92 Å². The van der Waals surface area contributed by atoms with E-state index in [0.717, 1.165) is 12.8 Å². The Hall–Kier alpha value is -1.10. The average Bonchev–Trinajstić information content (AvgIpc) is 2.60. The topological polar surface area (TPSA) is 77.4 Å². The number of nitrogens with zero attached hydrogens (tertiary/aromatic N) is 1. The molecule has 0 aliphatic rings. The maximum Gasteiger partial charge on any atom is 0.303 e. The molecule has 0 amide bonds. The van der Waals surface area contributed by atoms with Gasteiger partial charge < -0.3 is 19.5 Å². The molecule has 2 atom stereocenters. The van der Waals surface area contributed by atoms with Crippen LogP contribution in [-0.2, 0) is 9.59 Å². The first kappa shape index (κ1) is 25.9. The summed E-state index contributed by atoms with van der Waals surface area (Å²) < 4.78 is 0.250. The normalized spacial score (nSPS) is 15.3. The molecular formula is C22H43NO4. The molecule has 0 aromatic rings. The minimum Gasteiger partial charge on any atom is -0.544 e. The predicted molar refractivity (Wildman–Crippen MR) is 108 cm³/mol. The Balaban J connectivity index is 4.27. The number of carbonyl (C=O) groups is 2. The van der Waals surface area contributed by atoms with Crippen LogP contribution in [0.4, 0.5) is 0 Å². The molecule has 5 heteroatoms. The number of rotatable bonds is 17. The van der Waals surface area contributed by atoms with Crippen LogP contribution in [0, 0.1) is 0 Å². The van der Waals surface area contributed by atoms with Crippen molar-refractivity contribution in [2.45, 2.75) is 116 Å². The Labute approximate surface area is 166 Å². The van der Waals surface area contributed by atoms with Gasteiger partial charge in [-0.1, -0.05) is 64.7 Å². The van der Waals surface area contributed by atoms with Gasteiger partial charge in [0.15, 0.2) is 0 Å². The zero-order valence-corrected chi connectivity index (χ0v) is 18.4. The van der Waals surface area contributed by atoms with Crippen LogP contribution in [0.2, 0.25) is 0 Å². The summed E-state index contributed by atoms with van der Waals surface area (Å²) in [5, 5.41) is 20.8. The second kappa shape index (κ2) is 13.1. The van der Waals surface area contributed by atoms with Crippen LogP contribution in [0.1, 0.15) is 104 Å². The number of quaternary nitrogens is 1. The summed E-state index contributed by atoms with van der Waals surface area (Å²) >= 11 is 0. The first-order valence-electron chi connectivity index (χ1n) is 10.9. The van der Waals surface area contributed by atoms with Gasteiger partial charge in [-0.2, -0.15) is 0 Å². The summed E-state index contributed by atoms with van der Waals surface area (Å²) in [6, 6.07) is 0.135. The van der Waals surface area contributed by atoms with Crippen LogP contribution in [0.5, 0.6) is 0 Å². The molecule has 0 rings (SSSR count). The molecule has 0 aromatic carbocycles. The third-order valence-corrected chi connectivity index (χ3v) is 6.61. The third-order valence-electron chi connectivity index (χ3n) is 6.61. The van der Waals surface area contributed by atoms with E-state index in [9.17, 15) is 14.7 Å². The number of carboxylic acid groups (broad SMARTS) is 2. The standard InChI is InChI=1S/C22H43NO4/c1-6-7-8-9-10-11-12-13-14-15-16-19(2)23(4,5)22(3,21(26)27)18-17-20(24)25/h19H,6-18H2,1-5H3,(H-,24,25,26,27). The molecule has 0 spiro atoms. The highest BCUT2D eigenvalue weighted by molar-refractivity contribution is 5.76. The number of carbonyl (C=O) groups excluding carboxylic acids is 1. The number of hydrogen-bond acceptors (Lipinski definition) is 3. The zero-order valence-electron chi connectivity index (χ0n) is 18.4. The van der Waals surface area contributed by atoms with Gasteiger partial charge in [0.2, 0.25) is 0 Å².